The van der Waals surface area contributed by atoms with Gasteiger partial charge >= 0.3 is 0 Å². The van der Waals surface area contributed by atoms with E-state index in [-0.39, 0.29) is 24.2 Å². The Balaban J connectivity index is 1.90. The van der Waals surface area contributed by atoms with E-state index < -0.39 is 34.3 Å². The van der Waals surface area contributed by atoms with Gasteiger partial charge in [-0.15, -0.1) is 0 Å². The molecule has 7 nitrogen and oxygen atoms in total. The number of hydrogen-bond acceptors (Lipinski definition) is 4. The molecule has 1 N–H and O–H groups in total. The Bertz CT molecular complexity index is 1110. The highest BCUT2D eigenvalue weighted by Crippen LogP contribution is 2.22. The van der Waals surface area contributed by atoms with Gasteiger partial charge in [-0.05, 0) is 56.0 Å². The van der Waals surface area contributed by atoms with Gasteiger partial charge in [0.05, 0.1) is 11.9 Å². The van der Waals surface area contributed by atoms with Gasteiger partial charge in [-0.25, -0.2) is 12.8 Å². The fourth-order valence-electron chi connectivity index (χ4n) is 4.40. The van der Waals surface area contributed by atoms with Crippen LogP contribution in [0.25, 0.3) is 0 Å². The predicted molar refractivity (Wildman–Crippen MR) is 135 cm³/mol. The molecule has 1 atom stereocenters. The minimum atomic E-state index is -3.85. The molecule has 0 aliphatic heterocycles. The Kier molecular flexibility index (Phi) is 8.88. The Morgan fingerprint density at radius 1 is 1.06 bits per heavy atom. The van der Waals surface area contributed by atoms with Gasteiger partial charge in [0.1, 0.15) is 18.4 Å². The van der Waals surface area contributed by atoms with Gasteiger partial charge in [-0.1, -0.05) is 49.6 Å². The first kappa shape index (κ1) is 26.7. The zero-order valence-electron chi connectivity index (χ0n) is 20.5. The second-order valence-electron chi connectivity index (χ2n) is 9.17. The van der Waals surface area contributed by atoms with E-state index in [0.717, 1.165) is 59.5 Å². The maximum absolute atomic E-state index is 13.6. The number of carbonyl (C=O) groups excluding carboxylic acids is 2. The van der Waals surface area contributed by atoms with Gasteiger partial charge in [0.15, 0.2) is 0 Å². The summed E-state index contributed by atoms with van der Waals surface area (Å²) < 4.78 is 39.5. The topological polar surface area (TPSA) is 86.8 Å². The molecule has 0 spiro atoms. The molecule has 2 aromatic carbocycles. The van der Waals surface area contributed by atoms with Crippen LogP contribution >= 0.6 is 0 Å². The van der Waals surface area contributed by atoms with E-state index in [9.17, 15) is 22.4 Å². The molecule has 0 saturated heterocycles. The van der Waals surface area contributed by atoms with Crippen LogP contribution in [0.2, 0.25) is 0 Å². The van der Waals surface area contributed by atoms with Gasteiger partial charge in [-0.2, -0.15) is 0 Å². The number of nitrogens with zero attached hydrogens (tertiary/aromatic N) is 2. The quantitative estimate of drug-likeness (QED) is 0.535. The lowest BCUT2D eigenvalue weighted by atomic mass is 10.1. The van der Waals surface area contributed by atoms with Crippen molar-refractivity contribution in [2.45, 2.75) is 64.6 Å². The van der Waals surface area contributed by atoms with Crippen molar-refractivity contribution in [2.24, 2.45) is 0 Å². The summed E-state index contributed by atoms with van der Waals surface area (Å²) in [6, 6.07) is 11.9. The molecule has 0 radical (unpaired) electrons. The first-order valence-corrected chi connectivity index (χ1v) is 13.8. The monoisotopic (exact) mass is 503 g/mol. The number of amides is 2. The summed E-state index contributed by atoms with van der Waals surface area (Å²) >= 11 is 0. The first-order valence-electron chi connectivity index (χ1n) is 12.0. The number of nitrogens with one attached hydrogen (secondary N) is 1. The van der Waals surface area contributed by atoms with Crippen molar-refractivity contribution in [3.63, 3.8) is 0 Å². The average molecular weight is 504 g/mol. The molecular formula is C26H34FN3O4S. The largest absolute Gasteiger partial charge is 0.352 e. The van der Waals surface area contributed by atoms with Crippen LogP contribution in [-0.2, 0) is 26.2 Å². The van der Waals surface area contributed by atoms with Crippen LogP contribution < -0.4 is 9.62 Å². The van der Waals surface area contributed by atoms with E-state index >= 15 is 0 Å². The highest BCUT2D eigenvalue weighted by atomic mass is 32.2. The van der Waals surface area contributed by atoms with Crippen LogP contribution in [0.3, 0.4) is 0 Å². The van der Waals surface area contributed by atoms with Crippen molar-refractivity contribution >= 4 is 27.5 Å². The van der Waals surface area contributed by atoms with E-state index in [1.807, 2.05) is 38.1 Å². The molecule has 190 valence electrons. The predicted octanol–water partition coefficient (Wildman–Crippen LogP) is 3.77. The third-order valence-corrected chi connectivity index (χ3v) is 7.50. The Morgan fingerprint density at radius 2 is 1.66 bits per heavy atom. The minimum Gasteiger partial charge on any atom is -0.352 e. The first-order chi connectivity index (χ1) is 16.6. The van der Waals surface area contributed by atoms with Crippen LogP contribution in [-0.4, -0.2) is 50.0 Å². The molecule has 0 unspecified atom stereocenters. The number of aryl methyl sites for hydroxylation is 1. The van der Waals surface area contributed by atoms with Gasteiger partial charge < -0.3 is 10.2 Å². The highest BCUT2D eigenvalue weighted by Gasteiger charge is 2.33. The number of hydrogen-bond donors (Lipinski definition) is 1. The molecule has 1 aliphatic carbocycles. The smallest absolute Gasteiger partial charge is 0.244 e. The summed E-state index contributed by atoms with van der Waals surface area (Å²) in [6.07, 6.45) is 5.34. The highest BCUT2D eigenvalue weighted by molar-refractivity contribution is 7.92. The molecule has 1 aliphatic rings. The van der Waals surface area contributed by atoms with E-state index in [2.05, 4.69) is 5.32 Å². The number of anilines is 1. The third-order valence-electron chi connectivity index (χ3n) is 6.35. The third kappa shape index (κ3) is 7.27. The summed E-state index contributed by atoms with van der Waals surface area (Å²) in [7, 11) is -3.85. The summed E-state index contributed by atoms with van der Waals surface area (Å²) in [4.78, 5) is 28.3. The Morgan fingerprint density at radius 3 is 2.20 bits per heavy atom. The molecule has 2 aromatic rings. The fraction of sp³-hybridized carbons (Fsp3) is 0.462. The van der Waals surface area contributed by atoms with Crippen molar-refractivity contribution in [1.82, 2.24) is 10.2 Å². The lowest BCUT2D eigenvalue weighted by Crippen LogP contribution is -2.53. The number of benzene rings is 2. The van der Waals surface area contributed by atoms with Crippen LogP contribution in [0, 0.1) is 12.7 Å². The van der Waals surface area contributed by atoms with Crippen molar-refractivity contribution < 1.29 is 22.4 Å². The summed E-state index contributed by atoms with van der Waals surface area (Å²) in [5, 5.41) is 3.08. The zero-order valence-corrected chi connectivity index (χ0v) is 21.4. The molecule has 1 fully saturated rings. The van der Waals surface area contributed by atoms with Crippen LogP contribution in [0.1, 0.15) is 50.2 Å². The Labute approximate surface area is 207 Å². The molecule has 2 amide bonds. The lowest BCUT2D eigenvalue weighted by molar-refractivity contribution is -0.140. The van der Waals surface area contributed by atoms with Gasteiger partial charge in [0.25, 0.3) is 0 Å². The maximum atomic E-state index is 13.6. The second-order valence-corrected chi connectivity index (χ2v) is 11.1. The van der Waals surface area contributed by atoms with Crippen LogP contribution in [0.5, 0.6) is 0 Å². The number of halogens is 1. The fourth-order valence-corrected chi connectivity index (χ4v) is 5.25. The molecule has 35 heavy (non-hydrogen) atoms. The van der Waals surface area contributed by atoms with Gasteiger partial charge in [0.2, 0.25) is 21.8 Å². The van der Waals surface area contributed by atoms with Crippen LogP contribution in [0.4, 0.5) is 10.1 Å². The number of carbonyl (C=O) groups is 2. The van der Waals surface area contributed by atoms with Crippen molar-refractivity contribution in [1.29, 1.82) is 0 Å². The lowest BCUT2D eigenvalue weighted by Gasteiger charge is -2.33. The van der Waals surface area contributed by atoms with E-state index in [1.165, 1.54) is 17.0 Å². The van der Waals surface area contributed by atoms with E-state index in [4.69, 9.17) is 0 Å². The molecule has 1 saturated carbocycles. The second kappa shape index (κ2) is 11.7. The van der Waals surface area contributed by atoms with E-state index in [1.54, 1.807) is 0 Å². The summed E-state index contributed by atoms with van der Waals surface area (Å²) in [5.74, 6) is -1.24. The minimum absolute atomic E-state index is 0.0969. The molecule has 0 heterocycles. The zero-order chi connectivity index (χ0) is 25.6. The van der Waals surface area contributed by atoms with Crippen molar-refractivity contribution in [3.8, 4) is 0 Å². The molecule has 3 rings (SSSR count). The van der Waals surface area contributed by atoms with Gasteiger partial charge in [0, 0.05) is 12.6 Å². The number of sulfonamides is 1. The normalized spacial score (nSPS) is 15.0. The van der Waals surface area contributed by atoms with Crippen LogP contribution in [0.15, 0.2) is 48.5 Å². The molecular weight excluding hydrogens is 469 g/mol. The molecule has 0 aromatic heterocycles. The van der Waals surface area contributed by atoms with E-state index in [0.29, 0.717) is 6.42 Å². The summed E-state index contributed by atoms with van der Waals surface area (Å²) in [6.45, 7) is 3.46. The van der Waals surface area contributed by atoms with Crippen molar-refractivity contribution in [3.05, 3.63) is 65.5 Å². The average Bonchev–Trinajstić information content (AvgIpc) is 3.31. The maximum Gasteiger partial charge on any atom is 0.244 e. The molecule has 9 heteroatoms. The SMILES string of the molecule is CC[C@@H](C(=O)NC1CCCC1)N(Cc1ccc(C)cc1)C(=O)CN(c1ccc(F)cc1)S(C)(=O)=O. The van der Waals surface area contributed by atoms with Gasteiger partial charge in [-0.3, -0.25) is 13.9 Å². The number of rotatable bonds is 10. The van der Waals surface area contributed by atoms with Crippen molar-refractivity contribution in [2.75, 3.05) is 17.1 Å². The Hall–Kier alpha value is -2.94. The molecule has 0 bridgehead atoms. The summed E-state index contributed by atoms with van der Waals surface area (Å²) in [5.41, 5.74) is 2.09. The standard InChI is InChI=1S/C26H34FN3O4S/c1-4-24(26(32)28-22-7-5-6-8-22)29(17-20-11-9-19(2)10-12-20)25(31)18-30(35(3,33)34)23-15-13-21(27)14-16-23/h9-16,22,24H,4-8,17-18H2,1-3H3,(H,28,32)/t24-/m0/s1.